The Hall–Kier alpha value is -1.71. The largest absolute Gasteiger partial charge is 0.497 e. The summed E-state index contributed by atoms with van der Waals surface area (Å²) in [5.74, 6) is 0.893. The van der Waals surface area contributed by atoms with Gasteiger partial charge in [0.1, 0.15) is 11.3 Å². The molecule has 0 fully saturated rings. The molecule has 0 spiro atoms. The van der Waals surface area contributed by atoms with Gasteiger partial charge in [-0.25, -0.2) is 0 Å². The maximum Gasteiger partial charge on any atom is 0.119 e. The number of hydrogen-bond acceptors (Lipinski definition) is 1. The minimum atomic E-state index is -0.0471. The molecule has 0 aliphatic heterocycles. The lowest BCUT2D eigenvalue weighted by molar-refractivity contribution is -0.475. The quantitative estimate of drug-likeness (QED) is 0.449. The first-order chi connectivity index (χ1) is 6.95. The second-order valence-corrected chi connectivity index (χ2v) is 3.71. The third-order valence-electron chi connectivity index (χ3n) is 1.85. The molecule has 0 saturated carbocycles. The first kappa shape index (κ1) is 13.3. The van der Waals surface area contributed by atoms with E-state index < -0.39 is 0 Å². The second kappa shape index (κ2) is 5.90. The van der Waals surface area contributed by atoms with E-state index in [-0.39, 0.29) is 5.54 Å². The van der Waals surface area contributed by atoms with Gasteiger partial charge in [0.2, 0.25) is 0 Å². The SMILES string of the molecule is COc1cccc(C(C)(C)[NH3+])c1.[N-]=[N+]=[N-]. The normalized spacial score (nSPS) is 9.60. The van der Waals surface area contributed by atoms with E-state index in [9.17, 15) is 0 Å². The van der Waals surface area contributed by atoms with Crippen molar-refractivity contribution < 1.29 is 10.5 Å². The molecule has 0 radical (unpaired) electrons. The van der Waals surface area contributed by atoms with Crippen molar-refractivity contribution in [2.45, 2.75) is 19.4 Å². The number of hydrogen-bond donors (Lipinski definition) is 1. The monoisotopic (exact) mass is 208 g/mol. The molecular formula is C10H16N4O. The van der Waals surface area contributed by atoms with Crippen molar-refractivity contribution in [3.63, 3.8) is 0 Å². The Balaban J connectivity index is 0.000000583. The summed E-state index contributed by atoms with van der Waals surface area (Å²) in [6, 6.07) is 8.01. The van der Waals surface area contributed by atoms with E-state index in [4.69, 9.17) is 15.8 Å². The fourth-order valence-electron chi connectivity index (χ4n) is 1.04. The zero-order valence-electron chi connectivity index (χ0n) is 9.27. The van der Waals surface area contributed by atoms with Crippen molar-refractivity contribution in [2.75, 3.05) is 7.11 Å². The molecule has 0 heterocycles. The molecule has 0 aliphatic carbocycles. The Morgan fingerprint density at radius 1 is 1.33 bits per heavy atom. The summed E-state index contributed by atoms with van der Waals surface area (Å²) in [5.41, 5.74) is 18.7. The Morgan fingerprint density at radius 2 is 1.87 bits per heavy atom. The van der Waals surface area contributed by atoms with E-state index in [0.717, 1.165) is 5.75 Å². The van der Waals surface area contributed by atoms with Crippen LogP contribution in [-0.4, -0.2) is 7.11 Å². The predicted molar refractivity (Wildman–Crippen MR) is 59.0 cm³/mol. The summed E-state index contributed by atoms with van der Waals surface area (Å²) >= 11 is 0. The highest BCUT2D eigenvalue weighted by Crippen LogP contribution is 2.19. The van der Waals surface area contributed by atoms with Gasteiger partial charge in [-0.05, 0) is 26.0 Å². The summed E-state index contributed by atoms with van der Waals surface area (Å²) in [7, 11) is 1.68. The van der Waals surface area contributed by atoms with Crippen molar-refractivity contribution in [2.24, 2.45) is 0 Å². The molecule has 1 aromatic carbocycles. The van der Waals surface area contributed by atoms with Gasteiger partial charge in [-0.2, -0.15) is 0 Å². The smallest absolute Gasteiger partial charge is 0.119 e. The number of ether oxygens (including phenoxy) is 1. The van der Waals surface area contributed by atoms with Crippen LogP contribution in [0, 0.1) is 0 Å². The predicted octanol–water partition coefficient (Wildman–Crippen LogP) is 2.04. The highest BCUT2D eigenvalue weighted by atomic mass is 16.5. The zero-order chi connectivity index (χ0) is 11.9. The first-order valence-electron chi connectivity index (χ1n) is 4.44. The van der Waals surface area contributed by atoms with E-state index in [1.165, 1.54) is 10.5 Å². The standard InChI is InChI=1S/C10H15NO.N3/c1-10(2,11)8-5-4-6-9(7-8)12-3;1-3-2/h4-7H,11H2,1-3H3;/q;-1/p+1. The van der Waals surface area contributed by atoms with Crippen LogP contribution < -0.4 is 10.5 Å². The molecule has 82 valence electrons. The van der Waals surface area contributed by atoms with Gasteiger partial charge in [0, 0.05) is 5.56 Å². The van der Waals surface area contributed by atoms with Gasteiger partial charge in [0.15, 0.2) is 0 Å². The summed E-state index contributed by atoms with van der Waals surface area (Å²) in [6.45, 7) is 4.17. The van der Waals surface area contributed by atoms with Crippen molar-refractivity contribution in [1.29, 1.82) is 0 Å². The van der Waals surface area contributed by atoms with E-state index in [1.54, 1.807) is 7.11 Å². The lowest BCUT2D eigenvalue weighted by Gasteiger charge is -2.15. The van der Waals surface area contributed by atoms with Crippen molar-refractivity contribution in [3.8, 4) is 5.75 Å². The number of nitrogens with zero attached hydrogens (tertiary/aromatic N) is 3. The highest BCUT2D eigenvalue weighted by Gasteiger charge is 2.18. The van der Waals surface area contributed by atoms with Gasteiger partial charge in [-0.1, -0.05) is 12.1 Å². The molecular weight excluding hydrogens is 192 g/mol. The summed E-state index contributed by atoms with van der Waals surface area (Å²) in [4.78, 5) is 1.50. The van der Waals surface area contributed by atoms with Crippen molar-refractivity contribution >= 4 is 0 Å². The third-order valence-corrected chi connectivity index (χ3v) is 1.85. The average molecular weight is 208 g/mol. The van der Waals surface area contributed by atoms with Crippen LogP contribution >= 0.6 is 0 Å². The van der Waals surface area contributed by atoms with E-state index in [2.05, 4.69) is 25.6 Å². The molecule has 0 aliphatic rings. The van der Waals surface area contributed by atoms with Crippen LogP contribution in [0.1, 0.15) is 19.4 Å². The van der Waals surface area contributed by atoms with Crippen LogP contribution in [-0.2, 0) is 5.54 Å². The molecule has 15 heavy (non-hydrogen) atoms. The van der Waals surface area contributed by atoms with Crippen molar-refractivity contribution in [3.05, 3.63) is 45.8 Å². The highest BCUT2D eigenvalue weighted by molar-refractivity contribution is 5.31. The van der Waals surface area contributed by atoms with Crippen LogP contribution in [0.25, 0.3) is 16.0 Å². The molecule has 0 amide bonds. The van der Waals surface area contributed by atoms with Crippen LogP contribution in [0.2, 0.25) is 0 Å². The van der Waals surface area contributed by atoms with Gasteiger partial charge in [0.25, 0.3) is 0 Å². The Labute approximate surface area is 89.3 Å². The van der Waals surface area contributed by atoms with Crippen LogP contribution in [0.3, 0.4) is 0 Å². The number of benzene rings is 1. The fourth-order valence-corrected chi connectivity index (χ4v) is 1.04. The Kier molecular flexibility index (Phi) is 5.23. The molecule has 1 rings (SSSR count). The summed E-state index contributed by atoms with van der Waals surface area (Å²) < 4.78 is 5.12. The Morgan fingerprint density at radius 3 is 2.27 bits per heavy atom. The molecule has 5 heteroatoms. The third kappa shape index (κ3) is 4.90. The number of methoxy groups -OCH3 is 1. The average Bonchev–Trinajstić information content (AvgIpc) is 2.18. The van der Waals surface area contributed by atoms with Gasteiger partial charge in [0.05, 0.1) is 7.11 Å². The summed E-state index contributed by atoms with van der Waals surface area (Å²) in [5, 5.41) is 0. The molecule has 1 aromatic rings. The van der Waals surface area contributed by atoms with Crippen LogP contribution in [0.5, 0.6) is 5.75 Å². The minimum absolute atomic E-state index is 0.0471. The maximum absolute atomic E-state index is 6.75. The summed E-state index contributed by atoms with van der Waals surface area (Å²) in [6.07, 6.45) is 0. The van der Waals surface area contributed by atoms with E-state index >= 15 is 0 Å². The number of rotatable bonds is 2. The molecule has 0 aromatic heterocycles. The van der Waals surface area contributed by atoms with Gasteiger partial charge >= 0.3 is 0 Å². The first-order valence-corrected chi connectivity index (χ1v) is 4.44. The topological polar surface area (TPSA) is 95.6 Å². The minimum Gasteiger partial charge on any atom is -0.497 e. The second-order valence-electron chi connectivity index (χ2n) is 3.71. The van der Waals surface area contributed by atoms with Crippen LogP contribution in [0.4, 0.5) is 0 Å². The Bertz CT molecular complexity index is 338. The number of quaternary nitrogens is 1. The van der Waals surface area contributed by atoms with Gasteiger partial charge < -0.3 is 21.5 Å². The van der Waals surface area contributed by atoms with E-state index in [1.807, 2.05) is 18.2 Å². The zero-order valence-corrected chi connectivity index (χ0v) is 9.27. The molecule has 0 saturated heterocycles. The molecule has 3 N–H and O–H groups in total. The van der Waals surface area contributed by atoms with E-state index in [0.29, 0.717) is 0 Å². The lowest BCUT2D eigenvalue weighted by atomic mass is 9.96. The molecule has 0 bridgehead atoms. The van der Waals surface area contributed by atoms with Crippen LogP contribution in [0.15, 0.2) is 24.3 Å². The maximum atomic E-state index is 6.75. The lowest BCUT2D eigenvalue weighted by Crippen LogP contribution is -2.66. The van der Waals surface area contributed by atoms with Gasteiger partial charge in [-0.15, -0.1) is 0 Å². The molecule has 0 unspecified atom stereocenters. The van der Waals surface area contributed by atoms with Gasteiger partial charge in [-0.3, -0.25) is 4.91 Å². The van der Waals surface area contributed by atoms with Crippen molar-refractivity contribution in [1.82, 2.24) is 0 Å². The fraction of sp³-hybridized carbons (Fsp3) is 0.400. The molecule has 0 atom stereocenters. The molecule has 5 nitrogen and oxygen atoms in total.